The maximum atomic E-state index is 12.9. The van der Waals surface area contributed by atoms with Gasteiger partial charge in [0.05, 0.1) is 26.2 Å². The number of hydrogen-bond acceptors (Lipinski definition) is 10. The molecule has 11 nitrogen and oxygen atoms in total. The minimum absolute atomic E-state index is 0.0666. The Morgan fingerprint density at radius 1 is 0.405 bits per heavy atom. The second-order valence-electron chi connectivity index (χ2n) is 17.6. The summed E-state index contributed by atoms with van der Waals surface area (Å²) >= 11 is 0. The Bertz CT molecular complexity index is 1800. The van der Waals surface area contributed by atoms with Crippen LogP contribution in [0.15, 0.2) is 146 Å². The van der Waals surface area contributed by atoms with Crippen molar-refractivity contribution in [2.24, 2.45) is 0 Å². The molecule has 0 amide bonds. The molecule has 3 unspecified atom stereocenters. The number of carbonyl (C=O) groups excluding carboxylic acids is 3. The summed E-state index contributed by atoms with van der Waals surface area (Å²) in [4.78, 5) is 48.4. The fourth-order valence-electron chi connectivity index (χ4n) is 6.61. The quantitative estimate of drug-likeness (QED) is 0.0197. The van der Waals surface area contributed by atoms with E-state index < -0.39 is 57.8 Å². The van der Waals surface area contributed by atoms with Crippen LogP contribution in [-0.4, -0.2) is 66.5 Å². The third-order valence-corrected chi connectivity index (χ3v) is 11.7. The number of phosphoric acid groups is 1. The van der Waals surface area contributed by atoms with Gasteiger partial charge in [0, 0.05) is 12.8 Å². The highest BCUT2D eigenvalue weighted by Crippen LogP contribution is 2.43. The van der Waals surface area contributed by atoms with Crippen molar-refractivity contribution in [1.29, 1.82) is 0 Å². The van der Waals surface area contributed by atoms with Gasteiger partial charge in [0.1, 0.15) is 12.7 Å². The molecular formula is C62H97O11P. The Morgan fingerprint density at radius 3 is 1.20 bits per heavy atom. The van der Waals surface area contributed by atoms with E-state index in [0.29, 0.717) is 19.3 Å². The molecule has 0 heterocycles. The molecule has 0 aliphatic heterocycles. The number of hydrogen-bond donors (Lipinski definition) is 2. The summed E-state index contributed by atoms with van der Waals surface area (Å²) in [6, 6.07) is 0. The van der Waals surface area contributed by atoms with E-state index >= 15 is 0 Å². The summed E-state index contributed by atoms with van der Waals surface area (Å²) < 4.78 is 39.3. The first-order chi connectivity index (χ1) is 36.2. The summed E-state index contributed by atoms with van der Waals surface area (Å²) in [5.74, 6) is -1.68. The van der Waals surface area contributed by atoms with Gasteiger partial charge in [-0.05, 0) is 116 Å². The third kappa shape index (κ3) is 52.2. The highest BCUT2D eigenvalue weighted by molar-refractivity contribution is 7.47. The summed E-state index contributed by atoms with van der Waals surface area (Å²) in [6.45, 7) is 4.15. The van der Waals surface area contributed by atoms with Crippen molar-refractivity contribution in [3.8, 4) is 0 Å². The monoisotopic (exact) mass is 1050 g/mol. The van der Waals surface area contributed by atoms with Crippen molar-refractivity contribution in [1.82, 2.24) is 0 Å². The van der Waals surface area contributed by atoms with Gasteiger partial charge >= 0.3 is 25.7 Å². The third-order valence-electron chi connectivity index (χ3n) is 10.7. The summed E-state index contributed by atoms with van der Waals surface area (Å²) in [5, 5.41) is 9.78. The van der Waals surface area contributed by atoms with Gasteiger partial charge < -0.3 is 24.2 Å². The zero-order valence-corrected chi connectivity index (χ0v) is 46.6. The van der Waals surface area contributed by atoms with Gasteiger partial charge in [-0.25, -0.2) is 4.57 Å². The molecule has 0 saturated carbocycles. The number of allylic oxidation sites excluding steroid dienone is 23. The van der Waals surface area contributed by atoms with Crippen molar-refractivity contribution in [3.63, 3.8) is 0 Å². The summed E-state index contributed by atoms with van der Waals surface area (Å²) in [7, 11) is -4.79. The van der Waals surface area contributed by atoms with E-state index in [2.05, 4.69) is 142 Å². The van der Waals surface area contributed by atoms with Gasteiger partial charge in [-0.1, -0.05) is 199 Å². The smallest absolute Gasteiger partial charge is 0.462 e. The SMILES string of the molecule is CC/C=C\C/C=C\C/C=C\C/C=C\C/C=C\CCCCCC(=O)OC(COC(=O)CCCCCCC/C=C\C/C=C\CCC)COP(=O)(O)OCC(CO)OC(=O)C/C=C\C/C=C\C/C=C\C/C=C\C/C=C\CC. The lowest BCUT2D eigenvalue weighted by atomic mass is 10.1. The van der Waals surface area contributed by atoms with Crippen LogP contribution < -0.4 is 0 Å². The molecular weight excluding hydrogens is 952 g/mol. The number of phosphoric ester groups is 1. The lowest BCUT2D eigenvalue weighted by Gasteiger charge is -2.21. The predicted molar refractivity (Wildman–Crippen MR) is 306 cm³/mol. The maximum absolute atomic E-state index is 12.9. The van der Waals surface area contributed by atoms with Gasteiger partial charge in [-0.15, -0.1) is 0 Å². The van der Waals surface area contributed by atoms with Crippen molar-refractivity contribution in [3.05, 3.63) is 146 Å². The van der Waals surface area contributed by atoms with Crippen LogP contribution in [0.2, 0.25) is 0 Å². The first kappa shape index (κ1) is 69.4. The molecule has 0 radical (unpaired) electrons. The Balaban J connectivity index is 4.91. The Morgan fingerprint density at radius 2 is 0.757 bits per heavy atom. The lowest BCUT2D eigenvalue weighted by molar-refractivity contribution is -0.161. The van der Waals surface area contributed by atoms with Crippen LogP contribution in [0.4, 0.5) is 0 Å². The molecule has 0 rings (SSSR count). The first-order valence-corrected chi connectivity index (χ1v) is 29.2. The standard InChI is InChI=1S/C62H97O11P/c1-4-7-10-13-16-19-22-25-27-28-29-30-32-35-38-41-44-47-50-53-62(66)73-59(55-69-60(64)51-48-45-42-39-36-33-24-21-18-15-12-9-6-3)57-71-74(67,68)70-56-58(54-63)72-61(65)52-49-46-43-40-37-34-31-26-23-20-17-14-11-8-5-2/h7-8,10-12,15-17,19-21,24-27,29-31,35,37-38,40,46,49,58-59,63H,4-6,9,13-14,18,22-23,28,32-34,36,39,41-45,47-48,50-57H2,1-3H3,(H,67,68)/b10-7-,11-8-,15-12-,19-16-,20-17-,24-21-,27-25-,30-29-,31-26-,38-35-,40-37-,49-46-. The van der Waals surface area contributed by atoms with E-state index in [1.54, 1.807) is 6.08 Å². The largest absolute Gasteiger partial charge is 0.472 e. The molecule has 416 valence electrons. The molecule has 0 aromatic heterocycles. The zero-order chi connectivity index (χ0) is 54.1. The predicted octanol–water partition coefficient (Wildman–Crippen LogP) is 16.4. The van der Waals surface area contributed by atoms with Crippen LogP contribution in [0, 0.1) is 0 Å². The minimum Gasteiger partial charge on any atom is -0.462 e. The topological polar surface area (TPSA) is 155 Å². The van der Waals surface area contributed by atoms with Gasteiger partial charge in [-0.2, -0.15) is 0 Å². The molecule has 2 N–H and O–H groups in total. The molecule has 3 atom stereocenters. The second kappa shape index (κ2) is 54.6. The number of aliphatic hydroxyl groups excluding tert-OH is 1. The molecule has 0 bridgehead atoms. The number of carbonyl (C=O) groups is 3. The minimum atomic E-state index is -4.79. The highest BCUT2D eigenvalue weighted by atomic mass is 31.2. The molecule has 0 aliphatic carbocycles. The van der Waals surface area contributed by atoms with Crippen LogP contribution in [0.5, 0.6) is 0 Å². The van der Waals surface area contributed by atoms with Crippen LogP contribution in [-0.2, 0) is 42.2 Å². The molecule has 12 heteroatoms. The van der Waals surface area contributed by atoms with Crippen LogP contribution in [0.1, 0.15) is 188 Å². The van der Waals surface area contributed by atoms with Gasteiger partial charge in [0.25, 0.3) is 0 Å². The summed E-state index contributed by atoms with van der Waals surface area (Å²) in [5.41, 5.74) is 0. The van der Waals surface area contributed by atoms with Gasteiger partial charge in [0.2, 0.25) is 0 Å². The lowest BCUT2D eigenvalue weighted by Crippen LogP contribution is -2.30. The molecule has 0 aromatic rings. The van der Waals surface area contributed by atoms with Crippen molar-refractivity contribution in [2.45, 2.75) is 200 Å². The number of unbranched alkanes of at least 4 members (excludes halogenated alkanes) is 9. The first-order valence-electron chi connectivity index (χ1n) is 27.7. The fraction of sp³-hybridized carbons (Fsp3) is 0.565. The molecule has 74 heavy (non-hydrogen) atoms. The molecule has 0 saturated heterocycles. The molecule has 0 fully saturated rings. The Kier molecular flexibility index (Phi) is 51.2. The van der Waals surface area contributed by atoms with E-state index in [4.69, 9.17) is 23.3 Å². The van der Waals surface area contributed by atoms with Crippen molar-refractivity contribution < 1.29 is 52.2 Å². The van der Waals surface area contributed by atoms with E-state index in [1.165, 1.54) is 0 Å². The maximum Gasteiger partial charge on any atom is 0.472 e. The van der Waals surface area contributed by atoms with Crippen molar-refractivity contribution in [2.75, 3.05) is 26.4 Å². The van der Waals surface area contributed by atoms with Gasteiger partial charge in [-0.3, -0.25) is 23.4 Å². The summed E-state index contributed by atoms with van der Waals surface area (Å²) in [6.07, 6.45) is 69.8. The van der Waals surface area contributed by atoms with E-state index in [9.17, 15) is 28.9 Å². The van der Waals surface area contributed by atoms with Crippen molar-refractivity contribution >= 4 is 25.7 Å². The fourth-order valence-corrected chi connectivity index (χ4v) is 7.40. The Hall–Kier alpha value is -4.64. The Labute approximate surface area is 448 Å². The number of esters is 3. The van der Waals surface area contributed by atoms with Gasteiger partial charge in [0.15, 0.2) is 6.10 Å². The number of aliphatic hydroxyl groups is 1. The average Bonchev–Trinajstić information content (AvgIpc) is 3.39. The molecule has 0 spiro atoms. The van der Waals surface area contributed by atoms with E-state index in [1.807, 2.05) is 18.2 Å². The number of rotatable bonds is 49. The van der Waals surface area contributed by atoms with E-state index in [-0.39, 0.29) is 25.9 Å². The highest BCUT2D eigenvalue weighted by Gasteiger charge is 2.28. The molecule has 0 aliphatic rings. The number of ether oxygens (including phenoxy) is 3. The van der Waals surface area contributed by atoms with Crippen LogP contribution >= 0.6 is 7.82 Å². The van der Waals surface area contributed by atoms with Crippen LogP contribution in [0.3, 0.4) is 0 Å². The normalized spacial score (nSPS) is 14.5. The van der Waals surface area contributed by atoms with E-state index in [0.717, 1.165) is 128 Å². The molecule has 0 aromatic carbocycles. The average molecular weight is 1050 g/mol. The van der Waals surface area contributed by atoms with Crippen LogP contribution in [0.25, 0.3) is 0 Å². The second-order valence-corrected chi connectivity index (χ2v) is 19.1. The zero-order valence-electron chi connectivity index (χ0n) is 45.7.